The first kappa shape index (κ1) is 21.2. The number of nitrogens with one attached hydrogen (secondary N) is 2. The number of anilines is 1. The molecule has 0 atom stereocenters. The Morgan fingerprint density at radius 1 is 1.12 bits per heavy atom. The number of unbranched alkanes of at least 4 members (excludes halogenated alkanes) is 1. The van der Waals surface area contributed by atoms with Crippen LogP contribution in [0.3, 0.4) is 0 Å². The van der Waals surface area contributed by atoms with E-state index in [1.165, 1.54) is 29.8 Å². The van der Waals surface area contributed by atoms with Crippen LogP contribution in [0.4, 0.5) is 5.69 Å². The third kappa shape index (κ3) is 7.34. The van der Waals surface area contributed by atoms with E-state index in [9.17, 15) is 0 Å². The van der Waals surface area contributed by atoms with Gasteiger partial charge in [0.25, 0.3) is 0 Å². The van der Waals surface area contributed by atoms with Gasteiger partial charge in [-0.25, -0.2) is 0 Å². The number of rotatable bonds is 8. The number of benzene rings is 1. The number of thioether (sulfide) groups is 1. The van der Waals surface area contributed by atoms with Crippen LogP contribution >= 0.6 is 35.7 Å². The van der Waals surface area contributed by atoms with Crippen LogP contribution < -0.4 is 15.5 Å². The lowest BCUT2D eigenvalue weighted by atomic mass is 10.2. The Bertz CT molecular complexity index is 508. The van der Waals surface area contributed by atoms with Crippen LogP contribution in [0, 0.1) is 0 Å². The van der Waals surface area contributed by atoms with Gasteiger partial charge in [-0.2, -0.15) is 11.8 Å². The zero-order chi connectivity index (χ0) is 16.3. The van der Waals surface area contributed by atoms with Crippen molar-refractivity contribution < 1.29 is 0 Å². The van der Waals surface area contributed by atoms with Crippen molar-refractivity contribution in [2.24, 2.45) is 4.99 Å². The highest BCUT2D eigenvalue weighted by Crippen LogP contribution is 2.17. The fraction of sp³-hybridized carbons (Fsp3) is 0.500. The summed E-state index contributed by atoms with van der Waals surface area (Å²) < 4.78 is 0. The molecule has 0 spiro atoms. The zero-order valence-electron chi connectivity index (χ0n) is 14.6. The van der Waals surface area contributed by atoms with E-state index in [0.717, 1.165) is 32.1 Å². The molecule has 134 valence electrons. The SMILES string of the molecule is CN=C(NCCCCSC)NCc1ccc(N2CC=CC2)cc1.I. The molecule has 0 radical (unpaired) electrons. The van der Waals surface area contributed by atoms with Crippen LogP contribution in [-0.4, -0.2) is 44.7 Å². The summed E-state index contributed by atoms with van der Waals surface area (Å²) >= 11 is 1.90. The normalized spacial score (nSPS) is 13.8. The van der Waals surface area contributed by atoms with Crippen LogP contribution in [0.5, 0.6) is 0 Å². The highest BCUT2D eigenvalue weighted by Gasteiger charge is 2.07. The maximum Gasteiger partial charge on any atom is 0.191 e. The van der Waals surface area contributed by atoms with E-state index in [0.29, 0.717) is 0 Å². The quantitative estimate of drug-likeness (QED) is 0.205. The molecule has 1 aliphatic heterocycles. The monoisotopic (exact) mass is 460 g/mol. The average molecular weight is 460 g/mol. The summed E-state index contributed by atoms with van der Waals surface area (Å²) in [6, 6.07) is 8.77. The Morgan fingerprint density at radius 2 is 1.83 bits per heavy atom. The van der Waals surface area contributed by atoms with Gasteiger partial charge in [-0.05, 0) is 42.5 Å². The average Bonchev–Trinajstić information content (AvgIpc) is 3.12. The topological polar surface area (TPSA) is 39.7 Å². The van der Waals surface area contributed by atoms with Crippen LogP contribution in [-0.2, 0) is 6.54 Å². The molecule has 1 aromatic carbocycles. The Hall–Kier alpha value is -0.890. The number of hydrogen-bond donors (Lipinski definition) is 2. The second-order valence-corrected chi connectivity index (χ2v) is 6.58. The second kappa shape index (κ2) is 12.5. The molecule has 0 aliphatic carbocycles. The third-order valence-electron chi connectivity index (χ3n) is 3.87. The minimum atomic E-state index is 0. The molecule has 24 heavy (non-hydrogen) atoms. The summed E-state index contributed by atoms with van der Waals surface area (Å²) in [6.07, 6.45) is 9.01. The molecule has 0 unspecified atom stereocenters. The maximum atomic E-state index is 4.27. The van der Waals surface area contributed by atoms with Crippen molar-refractivity contribution in [3.05, 3.63) is 42.0 Å². The van der Waals surface area contributed by atoms with E-state index >= 15 is 0 Å². The fourth-order valence-corrected chi connectivity index (χ4v) is 2.99. The Labute approximate surface area is 167 Å². The van der Waals surface area contributed by atoms with Gasteiger partial charge in [0.2, 0.25) is 0 Å². The number of halogens is 1. The van der Waals surface area contributed by atoms with Gasteiger partial charge in [-0.15, -0.1) is 24.0 Å². The molecule has 1 aromatic rings. The van der Waals surface area contributed by atoms with E-state index in [2.05, 4.69) is 63.2 Å². The molecule has 0 aromatic heterocycles. The first-order valence-electron chi connectivity index (χ1n) is 8.26. The van der Waals surface area contributed by atoms with Crippen molar-refractivity contribution >= 4 is 47.4 Å². The van der Waals surface area contributed by atoms with E-state index in [1.807, 2.05) is 18.8 Å². The summed E-state index contributed by atoms with van der Waals surface area (Å²) in [5, 5.41) is 6.74. The molecule has 0 saturated carbocycles. The first-order valence-corrected chi connectivity index (χ1v) is 9.65. The van der Waals surface area contributed by atoms with E-state index in [1.54, 1.807) is 0 Å². The molecule has 1 aliphatic rings. The van der Waals surface area contributed by atoms with E-state index in [-0.39, 0.29) is 24.0 Å². The summed E-state index contributed by atoms with van der Waals surface area (Å²) in [7, 11) is 1.82. The molecule has 2 rings (SSSR count). The zero-order valence-corrected chi connectivity index (χ0v) is 17.8. The molecular weight excluding hydrogens is 431 g/mol. The predicted octanol–water partition coefficient (Wildman–Crippen LogP) is 3.49. The smallest absolute Gasteiger partial charge is 0.191 e. The van der Waals surface area contributed by atoms with Crippen molar-refractivity contribution in [1.29, 1.82) is 0 Å². The van der Waals surface area contributed by atoms with Gasteiger partial charge in [0.15, 0.2) is 5.96 Å². The molecule has 6 heteroatoms. The molecule has 0 bridgehead atoms. The van der Waals surface area contributed by atoms with Gasteiger partial charge in [0.1, 0.15) is 0 Å². The van der Waals surface area contributed by atoms with Crippen LogP contribution in [0.1, 0.15) is 18.4 Å². The second-order valence-electron chi connectivity index (χ2n) is 5.60. The van der Waals surface area contributed by atoms with Crippen molar-refractivity contribution in [3.8, 4) is 0 Å². The van der Waals surface area contributed by atoms with Crippen molar-refractivity contribution in [1.82, 2.24) is 10.6 Å². The van der Waals surface area contributed by atoms with Crippen molar-refractivity contribution in [2.75, 3.05) is 43.6 Å². The van der Waals surface area contributed by atoms with Crippen molar-refractivity contribution in [2.45, 2.75) is 19.4 Å². The van der Waals surface area contributed by atoms with Gasteiger partial charge in [0.05, 0.1) is 0 Å². The summed E-state index contributed by atoms with van der Waals surface area (Å²) in [6.45, 7) is 3.81. The van der Waals surface area contributed by atoms with Crippen LogP contribution in [0.15, 0.2) is 41.4 Å². The number of guanidine groups is 1. The summed E-state index contributed by atoms with van der Waals surface area (Å²) in [5.74, 6) is 2.11. The highest BCUT2D eigenvalue weighted by molar-refractivity contribution is 14.0. The summed E-state index contributed by atoms with van der Waals surface area (Å²) in [5.41, 5.74) is 2.56. The third-order valence-corrected chi connectivity index (χ3v) is 4.57. The lowest BCUT2D eigenvalue weighted by Gasteiger charge is -2.18. The fourth-order valence-electron chi connectivity index (χ4n) is 2.50. The molecule has 0 saturated heterocycles. The standard InChI is InChI=1S/C18H28N4S.HI/c1-19-18(20-11-3-6-14-23-2)21-15-16-7-9-17(10-8-16)22-12-4-5-13-22;/h4-5,7-10H,3,6,11-15H2,1-2H3,(H2,19,20,21);1H. The summed E-state index contributed by atoms with van der Waals surface area (Å²) in [4.78, 5) is 6.63. The highest BCUT2D eigenvalue weighted by atomic mass is 127. The number of hydrogen-bond acceptors (Lipinski definition) is 3. The molecule has 0 fully saturated rings. The largest absolute Gasteiger partial charge is 0.364 e. The van der Waals surface area contributed by atoms with Crippen LogP contribution in [0.25, 0.3) is 0 Å². The van der Waals surface area contributed by atoms with Gasteiger partial charge >= 0.3 is 0 Å². The molecule has 4 nitrogen and oxygen atoms in total. The van der Waals surface area contributed by atoms with Gasteiger partial charge in [-0.1, -0.05) is 24.3 Å². The molecule has 2 N–H and O–H groups in total. The minimum Gasteiger partial charge on any atom is -0.364 e. The number of nitrogens with zero attached hydrogens (tertiary/aromatic N) is 2. The molecule has 1 heterocycles. The maximum absolute atomic E-state index is 4.27. The van der Waals surface area contributed by atoms with Crippen molar-refractivity contribution in [3.63, 3.8) is 0 Å². The van der Waals surface area contributed by atoms with E-state index in [4.69, 9.17) is 0 Å². The van der Waals surface area contributed by atoms with Gasteiger partial charge < -0.3 is 15.5 Å². The minimum absolute atomic E-state index is 0. The first-order chi connectivity index (χ1) is 11.3. The van der Waals surface area contributed by atoms with Gasteiger partial charge in [-0.3, -0.25) is 4.99 Å². The van der Waals surface area contributed by atoms with Crippen LogP contribution in [0.2, 0.25) is 0 Å². The van der Waals surface area contributed by atoms with Gasteiger partial charge in [0, 0.05) is 38.9 Å². The van der Waals surface area contributed by atoms with E-state index < -0.39 is 0 Å². The molecular formula is C18H29IN4S. The predicted molar refractivity (Wildman–Crippen MR) is 119 cm³/mol. The lowest BCUT2D eigenvalue weighted by Crippen LogP contribution is -2.37. The Morgan fingerprint density at radius 3 is 2.46 bits per heavy atom. The molecule has 0 amide bonds. The Kier molecular flexibility index (Phi) is 11.0. The Balaban J connectivity index is 0.00000288. The lowest BCUT2D eigenvalue weighted by molar-refractivity contribution is 0.733. The number of aliphatic imine (C=N–C) groups is 1.